The van der Waals surface area contributed by atoms with Crippen molar-refractivity contribution in [1.82, 2.24) is 29.6 Å². The third-order valence-corrected chi connectivity index (χ3v) is 5.96. The molecule has 0 aliphatic carbocycles. The molecular weight excluding hydrogens is 418 g/mol. The van der Waals surface area contributed by atoms with Crippen molar-refractivity contribution in [1.29, 1.82) is 0 Å². The maximum atomic E-state index is 6.43. The monoisotopic (exact) mass is 445 g/mol. The van der Waals surface area contributed by atoms with Crippen molar-refractivity contribution in [2.45, 2.75) is 0 Å². The molecule has 3 N–H and O–H groups in total. The molecular formula is C23H27N9O. The molecule has 0 radical (unpaired) electrons. The van der Waals surface area contributed by atoms with Gasteiger partial charge in [0.15, 0.2) is 5.65 Å². The number of anilines is 4. The number of nitrogens with one attached hydrogen (secondary N) is 1. The number of benzene rings is 1. The molecule has 0 unspecified atom stereocenters. The van der Waals surface area contributed by atoms with Crippen molar-refractivity contribution in [2.75, 3.05) is 56.3 Å². The molecule has 5 rings (SSSR count). The lowest BCUT2D eigenvalue weighted by Gasteiger charge is -2.35. The summed E-state index contributed by atoms with van der Waals surface area (Å²) in [4.78, 5) is 18.2. The summed E-state index contributed by atoms with van der Waals surface area (Å²) < 4.78 is 7.41. The van der Waals surface area contributed by atoms with Gasteiger partial charge < -0.3 is 25.6 Å². The first-order valence-electron chi connectivity index (χ1n) is 10.8. The molecule has 3 aromatic heterocycles. The van der Waals surface area contributed by atoms with Crippen LogP contribution in [0.2, 0.25) is 0 Å². The SMILES string of the molecule is COc1cc(N2CCN(C)CC2)c(N)cc1Nc1nccc(-c2cnc3c(cnn3C)c2)n1. The summed E-state index contributed by atoms with van der Waals surface area (Å²) >= 11 is 0. The highest BCUT2D eigenvalue weighted by molar-refractivity contribution is 5.81. The van der Waals surface area contributed by atoms with Gasteiger partial charge in [-0.15, -0.1) is 0 Å². The molecule has 0 spiro atoms. The molecule has 1 saturated heterocycles. The summed E-state index contributed by atoms with van der Waals surface area (Å²) in [6.07, 6.45) is 5.30. The summed E-state index contributed by atoms with van der Waals surface area (Å²) in [6, 6.07) is 7.73. The molecule has 4 heterocycles. The van der Waals surface area contributed by atoms with Gasteiger partial charge >= 0.3 is 0 Å². The Morgan fingerprint density at radius 1 is 1.03 bits per heavy atom. The Labute approximate surface area is 192 Å². The maximum absolute atomic E-state index is 6.43. The van der Waals surface area contributed by atoms with Crippen LogP contribution in [0, 0.1) is 0 Å². The molecule has 4 aromatic rings. The number of aryl methyl sites for hydroxylation is 1. The lowest BCUT2D eigenvalue weighted by molar-refractivity contribution is 0.313. The fourth-order valence-electron chi connectivity index (χ4n) is 4.06. The van der Waals surface area contributed by atoms with Gasteiger partial charge in [0.2, 0.25) is 5.95 Å². The second-order valence-corrected chi connectivity index (χ2v) is 8.20. The number of ether oxygens (including phenoxy) is 1. The highest BCUT2D eigenvalue weighted by Crippen LogP contribution is 2.37. The van der Waals surface area contributed by atoms with E-state index in [1.54, 1.807) is 30.4 Å². The van der Waals surface area contributed by atoms with Gasteiger partial charge in [0.25, 0.3) is 0 Å². The van der Waals surface area contributed by atoms with Crippen LogP contribution in [0.1, 0.15) is 0 Å². The van der Waals surface area contributed by atoms with Gasteiger partial charge in [-0.3, -0.25) is 4.68 Å². The number of aromatic nitrogens is 5. The third kappa shape index (κ3) is 4.12. The Morgan fingerprint density at radius 2 is 1.85 bits per heavy atom. The zero-order valence-electron chi connectivity index (χ0n) is 19.0. The lowest BCUT2D eigenvalue weighted by atomic mass is 10.1. The first kappa shape index (κ1) is 21.0. The van der Waals surface area contributed by atoms with Gasteiger partial charge in [-0.2, -0.15) is 5.10 Å². The highest BCUT2D eigenvalue weighted by Gasteiger charge is 2.19. The van der Waals surface area contributed by atoms with E-state index in [4.69, 9.17) is 10.5 Å². The first-order chi connectivity index (χ1) is 16.0. The predicted molar refractivity (Wildman–Crippen MR) is 130 cm³/mol. The molecule has 0 amide bonds. The predicted octanol–water partition coefficient (Wildman–Crippen LogP) is 2.51. The van der Waals surface area contributed by atoms with Gasteiger partial charge in [0, 0.05) is 62.6 Å². The van der Waals surface area contributed by atoms with Crippen molar-refractivity contribution < 1.29 is 4.74 Å². The smallest absolute Gasteiger partial charge is 0.227 e. The number of nitrogen functional groups attached to an aromatic ring is 1. The number of fused-ring (bicyclic) bond motifs is 1. The zero-order chi connectivity index (χ0) is 22.9. The van der Waals surface area contributed by atoms with Crippen LogP contribution in [-0.4, -0.2) is 70.0 Å². The van der Waals surface area contributed by atoms with Crippen molar-refractivity contribution >= 4 is 34.0 Å². The molecule has 10 nitrogen and oxygen atoms in total. The molecule has 1 fully saturated rings. The van der Waals surface area contributed by atoms with Crippen LogP contribution in [0.5, 0.6) is 5.75 Å². The van der Waals surface area contributed by atoms with Crippen molar-refractivity contribution in [3.63, 3.8) is 0 Å². The van der Waals surface area contributed by atoms with Crippen molar-refractivity contribution in [3.8, 4) is 17.0 Å². The molecule has 1 aliphatic rings. The van der Waals surface area contributed by atoms with Gasteiger partial charge in [0.05, 0.1) is 36.1 Å². The number of likely N-dealkylation sites (N-methyl/N-ethyl adjacent to an activating group) is 1. The minimum absolute atomic E-state index is 0.448. The number of nitrogens with two attached hydrogens (primary N) is 1. The summed E-state index contributed by atoms with van der Waals surface area (Å²) in [7, 11) is 5.65. The fraction of sp³-hybridized carbons (Fsp3) is 0.304. The highest BCUT2D eigenvalue weighted by atomic mass is 16.5. The first-order valence-corrected chi connectivity index (χ1v) is 10.8. The van der Waals surface area contributed by atoms with Crippen LogP contribution in [0.4, 0.5) is 23.0 Å². The standard InChI is InChI=1S/C23H27N9O/c1-30-6-8-32(9-7-30)20-12-21(33-3)19(11-17(20)24)29-23-25-5-4-18(28-23)15-10-16-14-27-31(2)22(16)26-13-15/h4-5,10-14H,6-9,24H2,1-3H3,(H,25,28,29). The van der Waals surface area contributed by atoms with E-state index in [9.17, 15) is 0 Å². The van der Waals surface area contributed by atoms with Gasteiger partial charge in [-0.05, 0) is 25.2 Å². The van der Waals surface area contributed by atoms with E-state index in [0.29, 0.717) is 23.1 Å². The van der Waals surface area contributed by atoms with Crippen LogP contribution in [0.3, 0.4) is 0 Å². The summed E-state index contributed by atoms with van der Waals surface area (Å²) in [5.74, 6) is 1.13. The Morgan fingerprint density at radius 3 is 2.64 bits per heavy atom. The summed E-state index contributed by atoms with van der Waals surface area (Å²) in [6.45, 7) is 3.86. The summed E-state index contributed by atoms with van der Waals surface area (Å²) in [5.41, 5.74) is 11.3. The molecule has 33 heavy (non-hydrogen) atoms. The average Bonchev–Trinajstić information content (AvgIpc) is 3.20. The number of hydrogen-bond donors (Lipinski definition) is 2. The fourth-order valence-corrected chi connectivity index (χ4v) is 4.06. The lowest BCUT2D eigenvalue weighted by Crippen LogP contribution is -2.44. The number of hydrogen-bond acceptors (Lipinski definition) is 9. The largest absolute Gasteiger partial charge is 0.494 e. The van der Waals surface area contributed by atoms with Crippen LogP contribution in [-0.2, 0) is 7.05 Å². The number of pyridine rings is 1. The van der Waals surface area contributed by atoms with Crippen LogP contribution in [0.15, 0.2) is 42.9 Å². The zero-order valence-corrected chi connectivity index (χ0v) is 19.0. The second-order valence-electron chi connectivity index (χ2n) is 8.20. The van der Waals surface area contributed by atoms with Crippen LogP contribution < -0.4 is 20.7 Å². The third-order valence-electron chi connectivity index (χ3n) is 5.96. The maximum Gasteiger partial charge on any atom is 0.227 e. The van der Waals surface area contributed by atoms with E-state index in [1.807, 2.05) is 31.3 Å². The Kier molecular flexibility index (Phi) is 5.43. The molecule has 0 atom stereocenters. The Bertz CT molecular complexity index is 1290. The molecule has 0 bridgehead atoms. The molecule has 1 aliphatic heterocycles. The number of piperazine rings is 1. The minimum atomic E-state index is 0.448. The van der Waals surface area contributed by atoms with E-state index >= 15 is 0 Å². The quantitative estimate of drug-likeness (QED) is 0.448. The van der Waals surface area contributed by atoms with Crippen molar-refractivity contribution in [2.24, 2.45) is 7.05 Å². The van der Waals surface area contributed by atoms with Crippen LogP contribution >= 0.6 is 0 Å². The number of rotatable bonds is 5. The topological polar surface area (TPSA) is 110 Å². The van der Waals surface area contributed by atoms with Gasteiger partial charge in [-0.1, -0.05) is 0 Å². The summed E-state index contributed by atoms with van der Waals surface area (Å²) in [5, 5.41) is 8.47. The Balaban J connectivity index is 1.42. The molecule has 10 heteroatoms. The van der Waals surface area contributed by atoms with E-state index in [-0.39, 0.29) is 0 Å². The molecule has 1 aromatic carbocycles. The number of nitrogens with zero attached hydrogens (tertiary/aromatic N) is 7. The normalized spacial score (nSPS) is 14.6. The molecule has 0 saturated carbocycles. The van der Waals surface area contributed by atoms with E-state index < -0.39 is 0 Å². The van der Waals surface area contributed by atoms with Gasteiger partial charge in [-0.25, -0.2) is 15.0 Å². The number of methoxy groups -OCH3 is 1. The second kappa shape index (κ2) is 8.55. The Hall–Kier alpha value is -3.92. The minimum Gasteiger partial charge on any atom is -0.494 e. The molecule has 170 valence electrons. The van der Waals surface area contributed by atoms with E-state index in [0.717, 1.165) is 54.2 Å². The van der Waals surface area contributed by atoms with Gasteiger partial charge in [0.1, 0.15) is 5.75 Å². The van der Waals surface area contributed by atoms with Crippen LogP contribution in [0.25, 0.3) is 22.3 Å². The van der Waals surface area contributed by atoms with Crippen molar-refractivity contribution in [3.05, 3.63) is 42.9 Å². The van der Waals surface area contributed by atoms with E-state index in [2.05, 4.69) is 42.2 Å². The van der Waals surface area contributed by atoms with E-state index in [1.165, 1.54) is 0 Å². The average molecular weight is 446 g/mol.